The van der Waals surface area contributed by atoms with Crippen LogP contribution in [0.5, 0.6) is 5.75 Å². The fourth-order valence-electron chi connectivity index (χ4n) is 3.61. The predicted octanol–water partition coefficient (Wildman–Crippen LogP) is 5.85. The lowest BCUT2D eigenvalue weighted by Gasteiger charge is -2.23. The van der Waals surface area contributed by atoms with Gasteiger partial charge in [-0.25, -0.2) is 9.18 Å². The van der Waals surface area contributed by atoms with Gasteiger partial charge in [0.2, 0.25) is 0 Å². The fraction of sp³-hybridized carbons (Fsp3) is 0.241. The minimum atomic E-state index is -1.22. The van der Waals surface area contributed by atoms with Gasteiger partial charge in [0.15, 0.2) is 0 Å². The lowest BCUT2D eigenvalue weighted by molar-refractivity contribution is 0.0693. The molecule has 3 aromatic carbocycles. The highest BCUT2D eigenvalue weighted by Crippen LogP contribution is 2.21. The molecule has 0 atom stereocenters. The van der Waals surface area contributed by atoms with Gasteiger partial charge < -0.3 is 15.1 Å². The Balaban J connectivity index is 1.77. The summed E-state index contributed by atoms with van der Waals surface area (Å²) in [5.41, 5.74) is 2.37. The lowest BCUT2D eigenvalue weighted by Crippen LogP contribution is -2.31. The minimum Gasteiger partial charge on any atom is -0.507 e. The van der Waals surface area contributed by atoms with Crippen molar-refractivity contribution < 1.29 is 24.2 Å². The number of amides is 1. The summed E-state index contributed by atoms with van der Waals surface area (Å²) in [6, 6.07) is 17.3. The molecule has 35 heavy (non-hydrogen) atoms. The summed E-state index contributed by atoms with van der Waals surface area (Å²) < 4.78 is 13.0. The SMILES string of the molecule is CCCCCCN(Cc1ccc(O)c(C(=O)O)c1)C(=O)c1ccc(C#Cc2ccc(F)cc2)cc1. The van der Waals surface area contributed by atoms with Crippen LogP contribution in [0.25, 0.3) is 0 Å². The Hall–Kier alpha value is -4.11. The molecule has 0 heterocycles. The molecule has 2 N–H and O–H groups in total. The molecule has 0 aliphatic carbocycles. The lowest BCUT2D eigenvalue weighted by atomic mass is 10.1. The molecule has 0 saturated carbocycles. The highest BCUT2D eigenvalue weighted by atomic mass is 19.1. The molecule has 0 aliphatic rings. The molecule has 5 nitrogen and oxygen atoms in total. The van der Waals surface area contributed by atoms with Crippen molar-refractivity contribution in [3.63, 3.8) is 0 Å². The van der Waals surface area contributed by atoms with Crippen molar-refractivity contribution in [1.29, 1.82) is 0 Å². The Kier molecular flexibility index (Phi) is 9.02. The monoisotopic (exact) mass is 473 g/mol. The first-order chi connectivity index (χ1) is 16.9. The topological polar surface area (TPSA) is 77.8 Å². The molecule has 0 radical (unpaired) electrons. The third-order valence-corrected chi connectivity index (χ3v) is 5.56. The summed E-state index contributed by atoms with van der Waals surface area (Å²) in [4.78, 5) is 26.4. The first kappa shape index (κ1) is 25.5. The van der Waals surface area contributed by atoms with E-state index in [0.29, 0.717) is 23.2 Å². The molecule has 0 spiro atoms. The molecular formula is C29H28FNO4. The quantitative estimate of drug-likeness (QED) is 0.302. The zero-order valence-corrected chi connectivity index (χ0v) is 19.6. The number of hydrogen-bond donors (Lipinski definition) is 2. The van der Waals surface area contributed by atoms with E-state index in [1.54, 1.807) is 47.4 Å². The van der Waals surface area contributed by atoms with Crippen LogP contribution in [0.1, 0.15) is 70.0 Å². The Bertz CT molecular complexity index is 1220. The number of carbonyl (C=O) groups is 2. The van der Waals surface area contributed by atoms with E-state index in [1.165, 1.54) is 24.3 Å². The van der Waals surface area contributed by atoms with Crippen LogP contribution in [0, 0.1) is 17.7 Å². The van der Waals surface area contributed by atoms with Gasteiger partial charge in [0.05, 0.1) is 0 Å². The molecule has 0 unspecified atom stereocenters. The largest absolute Gasteiger partial charge is 0.507 e. The zero-order chi connectivity index (χ0) is 25.2. The predicted molar refractivity (Wildman–Crippen MR) is 133 cm³/mol. The fourth-order valence-corrected chi connectivity index (χ4v) is 3.61. The molecule has 0 bridgehead atoms. The summed E-state index contributed by atoms with van der Waals surface area (Å²) in [5.74, 6) is 3.98. The van der Waals surface area contributed by atoms with E-state index in [9.17, 15) is 24.2 Å². The van der Waals surface area contributed by atoms with Crippen LogP contribution < -0.4 is 0 Å². The van der Waals surface area contributed by atoms with Crippen molar-refractivity contribution in [2.75, 3.05) is 6.54 Å². The van der Waals surface area contributed by atoms with Crippen LogP contribution in [0.4, 0.5) is 4.39 Å². The summed E-state index contributed by atoms with van der Waals surface area (Å²) in [5, 5.41) is 19.1. The second kappa shape index (κ2) is 12.4. The number of carboxylic acids is 1. The van der Waals surface area contributed by atoms with Crippen LogP contribution in [0.2, 0.25) is 0 Å². The maximum absolute atomic E-state index is 13.3. The van der Waals surface area contributed by atoms with E-state index in [1.807, 2.05) is 0 Å². The van der Waals surface area contributed by atoms with E-state index in [-0.39, 0.29) is 29.6 Å². The third kappa shape index (κ3) is 7.44. The third-order valence-electron chi connectivity index (χ3n) is 5.56. The normalized spacial score (nSPS) is 10.3. The van der Waals surface area contributed by atoms with Crippen LogP contribution in [0.15, 0.2) is 66.7 Å². The molecule has 180 valence electrons. The van der Waals surface area contributed by atoms with Crippen LogP contribution in [-0.4, -0.2) is 33.5 Å². The molecule has 0 aliphatic heterocycles. The zero-order valence-electron chi connectivity index (χ0n) is 19.6. The van der Waals surface area contributed by atoms with Crippen molar-refractivity contribution in [2.24, 2.45) is 0 Å². The van der Waals surface area contributed by atoms with Gasteiger partial charge in [-0.15, -0.1) is 0 Å². The number of nitrogens with zero attached hydrogens (tertiary/aromatic N) is 1. The molecule has 3 rings (SSSR count). The molecule has 0 saturated heterocycles. The second-order valence-corrected chi connectivity index (χ2v) is 8.28. The van der Waals surface area contributed by atoms with Gasteiger partial charge in [0.1, 0.15) is 17.1 Å². The van der Waals surface area contributed by atoms with E-state index >= 15 is 0 Å². The van der Waals surface area contributed by atoms with E-state index < -0.39 is 5.97 Å². The Labute approximate surface area is 204 Å². The average Bonchev–Trinajstić information content (AvgIpc) is 2.86. The number of rotatable bonds is 9. The van der Waals surface area contributed by atoms with Gasteiger partial charge >= 0.3 is 5.97 Å². The highest BCUT2D eigenvalue weighted by Gasteiger charge is 2.18. The summed E-state index contributed by atoms with van der Waals surface area (Å²) in [6.07, 6.45) is 3.99. The van der Waals surface area contributed by atoms with Crippen LogP contribution in [0.3, 0.4) is 0 Å². The maximum atomic E-state index is 13.3. The Morgan fingerprint density at radius 1 is 0.886 bits per heavy atom. The van der Waals surface area contributed by atoms with Gasteiger partial charge in [-0.2, -0.15) is 0 Å². The minimum absolute atomic E-state index is 0.163. The van der Waals surface area contributed by atoms with Gasteiger partial charge in [0.25, 0.3) is 5.91 Å². The first-order valence-electron chi connectivity index (χ1n) is 11.6. The van der Waals surface area contributed by atoms with E-state index in [0.717, 1.165) is 31.2 Å². The smallest absolute Gasteiger partial charge is 0.339 e. The van der Waals surface area contributed by atoms with Crippen molar-refractivity contribution in [3.8, 4) is 17.6 Å². The number of carboxylic acid groups (broad SMARTS) is 1. The molecule has 0 aromatic heterocycles. The van der Waals surface area contributed by atoms with Crippen molar-refractivity contribution in [2.45, 2.75) is 39.2 Å². The molecule has 3 aromatic rings. The van der Waals surface area contributed by atoms with Gasteiger partial charge in [-0.3, -0.25) is 4.79 Å². The number of hydrogen-bond acceptors (Lipinski definition) is 3. The molecule has 0 fully saturated rings. The number of aromatic carboxylic acids is 1. The van der Waals surface area contributed by atoms with Gasteiger partial charge in [-0.05, 0) is 72.6 Å². The molecular weight excluding hydrogens is 445 g/mol. The number of unbranched alkanes of at least 4 members (excludes halogenated alkanes) is 3. The van der Waals surface area contributed by atoms with Gasteiger partial charge in [-0.1, -0.05) is 44.1 Å². The van der Waals surface area contributed by atoms with Crippen molar-refractivity contribution in [3.05, 3.63) is 100 Å². The number of halogens is 1. The van der Waals surface area contributed by atoms with Crippen LogP contribution >= 0.6 is 0 Å². The summed E-state index contributed by atoms with van der Waals surface area (Å²) in [7, 11) is 0. The molecule has 1 amide bonds. The number of benzene rings is 3. The number of carbonyl (C=O) groups excluding carboxylic acids is 1. The highest BCUT2D eigenvalue weighted by molar-refractivity contribution is 5.94. The number of phenols is 1. The van der Waals surface area contributed by atoms with Crippen LogP contribution in [-0.2, 0) is 6.54 Å². The Morgan fingerprint density at radius 3 is 2.11 bits per heavy atom. The van der Waals surface area contributed by atoms with Crippen molar-refractivity contribution in [1.82, 2.24) is 4.90 Å². The Morgan fingerprint density at radius 2 is 1.51 bits per heavy atom. The maximum Gasteiger partial charge on any atom is 0.339 e. The van der Waals surface area contributed by atoms with Crippen molar-refractivity contribution >= 4 is 11.9 Å². The van der Waals surface area contributed by atoms with E-state index in [4.69, 9.17) is 0 Å². The number of aromatic hydroxyl groups is 1. The summed E-state index contributed by atoms with van der Waals surface area (Å²) >= 11 is 0. The summed E-state index contributed by atoms with van der Waals surface area (Å²) in [6.45, 7) is 2.89. The standard InChI is InChI=1S/C29H28FNO4/c1-2-3-4-5-18-31(20-23-12-17-27(32)26(19-23)29(34)35)28(33)24-13-8-21(9-14-24)6-7-22-10-15-25(30)16-11-22/h8-17,19,32H,2-5,18,20H2,1H3,(H,34,35). The van der Waals surface area contributed by atoms with E-state index in [2.05, 4.69) is 18.8 Å². The molecule has 6 heteroatoms. The average molecular weight is 474 g/mol. The first-order valence-corrected chi connectivity index (χ1v) is 11.6. The van der Waals surface area contributed by atoms with Gasteiger partial charge in [0, 0.05) is 29.8 Å². The second-order valence-electron chi connectivity index (χ2n) is 8.28.